The van der Waals surface area contributed by atoms with Crippen LogP contribution < -0.4 is 20.7 Å². The number of amidine groups is 1. The second-order valence-corrected chi connectivity index (χ2v) is 13.1. The van der Waals surface area contributed by atoms with Gasteiger partial charge >= 0.3 is 6.09 Å². The van der Waals surface area contributed by atoms with Gasteiger partial charge in [0.05, 0.1) is 25.3 Å². The number of para-hydroxylation sites is 1. The van der Waals surface area contributed by atoms with Crippen LogP contribution in [0.1, 0.15) is 63.8 Å². The quantitative estimate of drug-likeness (QED) is 0.172. The minimum atomic E-state index is -0.871. The first-order valence-electron chi connectivity index (χ1n) is 14.2. The number of halogens is 1. The van der Waals surface area contributed by atoms with E-state index in [-0.39, 0.29) is 54.3 Å². The zero-order chi connectivity index (χ0) is 31.4. The van der Waals surface area contributed by atoms with E-state index in [4.69, 9.17) is 14.9 Å². The van der Waals surface area contributed by atoms with Crippen LogP contribution in [0, 0.1) is 16.0 Å². The van der Waals surface area contributed by atoms with Crippen LogP contribution in [0.25, 0.3) is 0 Å². The van der Waals surface area contributed by atoms with Gasteiger partial charge in [0.25, 0.3) is 0 Å². The Kier molecular flexibility index (Phi) is 9.73. The van der Waals surface area contributed by atoms with Crippen molar-refractivity contribution in [3.63, 3.8) is 0 Å². The lowest BCUT2D eigenvalue weighted by Crippen LogP contribution is -2.50. The average molecular weight is 616 g/mol. The van der Waals surface area contributed by atoms with Gasteiger partial charge in [0, 0.05) is 17.3 Å². The molecule has 2 heterocycles. The van der Waals surface area contributed by atoms with Crippen molar-refractivity contribution in [2.24, 2.45) is 5.41 Å². The number of hydrogen-bond donors (Lipinski definition) is 4. The van der Waals surface area contributed by atoms with E-state index in [1.54, 1.807) is 25.7 Å². The molecule has 11 nitrogen and oxygen atoms in total. The Balaban J connectivity index is 1.25. The molecule has 3 atom stereocenters. The molecule has 232 valence electrons. The number of ether oxygens (including phenoxy) is 2. The van der Waals surface area contributed by atoms with Gasteiger partial charge in [0.2, 0.25) is 17.7 Å². The Bertz CT molecular complexity index is 1380. The fourth-order valence-corrected chi connectivity index (χ4v) is 5.92. The van der Waals surface area contributed by atoms with Crippen LogP contribution in [0.4, 0.5) is 9.18 Å². The second-order valence-electron chi connectivity index (χ2n) is 12.1. The van der Waals surface area contributed by atoms with Crippen molar-refractivity contribution < 1.29 is 33.0 Å². The van der Waals surface area contributed by atoms with Gasteiger partial charge in [-0.15, -0.1) is 11.3 Å². The molecule has 2 aliphatic rings. The lowest BCUT2D eigenvalue weighted by atomic mass is 10.0. The van der Waals surface area contributed by atoms with Crippen molar-refractivity contribution in [2.45, 2.75) is 77.6 Å². The predicted octanol–water partition coefficient (Wildman–Crippen LogP) is 3.71. The van der Waals surface area contributed by atoms with E-state index in [9.17, 15) is 23.6 Å². The average Bonchev–Trinajstić information content (AvgIpc) is 3.28. The maximum atomic E-state index is 14.6. The fourth-order valence-electron chi connectivity index (χ4n) is 5.09. The lowest BCUT2D eigenvalue weighted by Gasteiger charge is -2.27. The number of nitrogens with zero attached hydrogens (tertiary/aromatic N) is 1. The molecule has 0 unspecified atom stereocenters. The van der Waals surface area contributed by atoms with Gasteiger partial charge in [-0.2, -0.15) is 4.39 Å². The number of nitrogens with one attached hydrogen (secondary N) is 4. The molecular formula is C30H38FN5O6S. The fraction of sp³-hybridized carbons (Fsp3) is 0.500. The highest BCUT2D eigenvalue weighted by Gasteiger charge is 2.64. The van der Waals surface area contributed by atoms with E-state index in [1.165, 1.54) is 6.07 Å². The minimum Gasteiger partial charge on any atom is -0.494 e. The van der Waals surface area contributed by atoms with Gasteiger partial charge < -0.3 is 25.0 Å². The maximum Gasteiger partial charge on any atom is 0.413 e. The van der Waals surface area contributed by atoms with E-state index < -0.39 is 28.7 Å². The Morgan fingerprint density at radius 2 is 1.86 bits per heavy atom. The number of fused-ring (bicyclic) bond motifs is 1. The molecule has 0 bridgehead atoms. The third kappa shape index (κ3) is 8.53. The molecule has 2 aromatic rings. The number of likely N-dealkylation sites (tertiary alicyclic amines) is 1. The standard InChI is InChI=1S/C30H38FN5O6S/c1-29(2,3)42-28(40)35-26(32)20-13-19(43-25(20)31)16-34-27(39)21-14-30(4)15-22(30)36(21)24(38)17-33-23(37)11-8-12-41-18-9-6-5-7-10-18/h5-7,9-10,13,21-22H,8,11-12,14-17H2,1-4H3,(H,33,37)(H,34,39)(H2,32,35,40)/t21-,22-,30+/m0/s1. The van der Waals surface area contributed by atoms with E-state index in [2.05, 4.69) is 16.0 Å². The lowest BCUT2D eigenvalue weighted by molar-refractivity contribution is -0.140. The highest BCUT2D eigenvalue weighted by Crippen LogP contribution is 2.59. The summed E-state index contributed by atoms with van der Waals surface area (Å²) in [6, 6.07) is 9.90. The number of thiophene rings is 1. The molecule has 1 aromatic carbocycles. The molecule has 4 N–H and O–H groups in total. The highest BCUT2D eigenvalue weighted by atomic mass is 32.1. The summed E-state index contributed by atoms with van der Waals surface area (Å²) in [6.07, 6.45) is 1.11. The monoisotopic (exact) mass is 615 g/mol. The summed E-state index contributed by atoms with van der Waals surface area (Å²) in [5.74, 6) is -0.698. The molecule has 1 saturated heterocycles. The number of alkyl carbamates (subject to hydrolysis) is 1. The molecule has 13 heteroatoms. The first-order chi connectivity index (χ1) is 20.3. The molecule has 1 aliphatic heterocycles. The number of carbonyl (C=O) groups excluding carboxylic acids is 4. The molecule has 4 amide bonds. The Morgan fingerprint density at radius 3 is 2.56 bits per heavy atom. The zero-order valence-electron chi connectivity index (χ0n) is 24.8. The Hall–Kier alpha value is -4.00. The number of carbonyl (C=O) groups is 4. The molecular weight excluding hydrogens is 577 g/mol. The van der Waals surface area contributed by atoms with E-state index >= 15 is 0 Å². The van der Waals surface area contributed by atoms with Crippen LogP contribution in [0.5, 0.6) is 5.75 Å². The summed E-state index contributed by atoms with van der Waals surface area (Å²) >= 11 is 0.750. The molecule has 1 aromatic heterocycles. The number of benzene rings is 1. The molecule has 1 aliphatic carbocycles. The summed E-state index contributed by atoms with van der Waals surface area (Å²) < 4.78 is 25.2. The van der Waals surface area contributed by atoms with Gasteiger partial charge in [0.1, 0.15) is 23.2 Å². The molecule has 43 heavy (non-hydrogen) atoms. The van der Waals surface area contributed by atoms with Crippen LogP contribution in [0.3, 0.4) is 0 Å². The van der Waals surface area contributed by atoms with Crippen LogP contribution in [0.15, 0.2) is 36.4 Å². The highest BCUT2D eigenvalue weighted by molar-refractivity contribution is 7.10. The van der Waals surface area contributed by atoms with Gasteiger partial charge in [0.15, 0.2) is 5.13 Å². The van der Waals surface area contributed by atoms with Crippen molar-refractivity contribution in [1.82, 2.24) is 20.9 Å². The normalized spacial score (nSPS) is 20.5. The zero-order valence-corrected chi connectivity index (χ0v) is 25.6. The Morgan fingerprint density at radius 1 is 1.14 bits per heavy atom. The third-order valence-electron chi connectivity index (χ3n) is 7.29. The van der Waals surface area contributed by atoms with Gasteiger partial charge in [-0.05, 0) is 63.6 Å². The van der Waals surface area contributed by atoms with Crippen LogP contribution in [-0.4, -0.2) is 65.4 Å². The maximum absolute atomic E-state index is 14.6. The third-order valence-corrected chi connectivity index (χ3v) is 8.22. The van der Waals surface area contributed by atoms with Gasteiger partial charge in [-0.1, -0.05) is 25.1 Å². The predicted molar refractivity (Wildman–Crippen MR) is 158 cm³/mol. The SMILES string of the molecule is CC(C)(C)OC(=O)NC(=N)c1cc(CNC(=O)[C@@H]2C[C@]3(C)C[C@@H]3N2C(=O)CNC(=O)CCCOc2ccccc2)sc1F. The molecule has 4 rings (SSSR count). The van der Waals surface area contributed by atoms with Crippen LogP contribution >= 0.6 is 11.3 Å². The van der Waals surface area contributed by atoms with E-state index in [0.29, 0.717) is 24.3 Å². The first kappa shape index (κ1) is 31.9. The summed E-state index contributed by atoms with van der Waals surface area (Å²) in [5.41, 5.74) is -1.04. The summed E-state index contributed by atoms with van der Waals surface area (Å²) in [5, 5.41) is 15.0. The largest absolute Gasteiger partial charge is 0.494 e. The summed E-state index contributed by atoms with van der Waals surface area (Å²) in [6.45, 7) is 7.20. The van der Waals surface area contributed by atoms with E-state index in [0.717, 1.165) is 23.5 Å². The van der Waals surface area contributed by atoms with Gasteiger partial charge in [-0.3, -0.25) is 25.1 Å². The van der Waals surface area contributed by atoms with Crippen molar-refractivity contribution in [3.8, 4) is 5.75 Å². The van der Waals surface area contributed by atoms with Crippen molar-refractivity contribution >= 4 is 41.0 Å². The number of rotatable bonds is 11. The van der Waals surface area contributed by atoms with Crippen molar-refractivity contribution in [3.05, 3.63) is 52.0 Å². The Labute approximate surface area is 254 Å². The number of piperidine rings is 1. The number of hydrogen-bond acceptors (Lipinski definition) is 8. The second kappa shape index (κ2) is 13.1. The van der Waals surface area contributed by atoms with Gasteiger partial charge in [-0.25, -0.2) is 4.79 Å². The van der Waals surface area contributed by atoms with Crippen LogP contribution in [0.2, 0.25) is 0 Å². The summed E-state index contributed by atoms with van der Waals surface area (Å²) in [4.78, 5) is 52.5. The first-order valence-corrected chi connectivity index (χ1v) is 15.0. The van der Waals surface area contributed by atoms with Crippen molar-refractivity contribution in [2.75, 3.05) is 13.2 Å². The van der Waals surface area contributed by atoms with Crippen LogP contribution in [-0.2, 0) is 25.7 Å². The minimum absolute atomic E-state index is 0.0121. The van der Waals surface area contributed by atoms with Crippen molar-refractivity contribution in [1.29, 1.82) is 5.41 Å². The molecule has 0 radical (unpaired) electrons. The van der Waals surface area contributed by atoms with E-state index in [1.807, 2.05) is 37.3 Å². The molecule has 2 fully saturated rings. The summed E-state index contributed by atoms with van der Waals surface area (Å²) in [7, 11) is 0. The molecule has 1 saturated carbocycles. The topological polar surface area (TPSA) is 150 Å². The molecule has 0 spiro atoms. The smallest absolute Gasteiger partial charge is 0.413 e. The number of amides is 4.